The van der Waals surface area contributed by atoms with E-state index in [2.05, 4.69) is 9.97 Å². The predicted molar refractivity (Wildman–Crippen MR) is 64.9 cm³/mol. The molecule has 0 saturated carbocycles. The molecule has 1 aromatic carbocycles. The van der Waals surface area contributed by atoms with Crippen LogP contribution in [0.5, 0.6) is 11.6 Å². The van der Waals surface area contributed by atoms with E-state index in [0.29, 0.717) is 11.3 Å². The number of rotatable bonds is 2. The van der Waals surface area contributed by atoms with E-state index in [9.17, 15) is 9.18 Å². The Hall–Kier alpha value is -2.57. The molecule has 0 amide bonds. The first-order valence-electron chi connectivity index (χ1n) is 5.05. The smallest absolute Gasteiger partial charge is 0.277 e. The Morgan fingerprint density at radius 2 is 2.11 bits per heavy atom. The monoisotopic (exact) mass is 250 g/mol. The number of nitrogens with zero attached hydrogens (tertiary/aromatic N) is 1. The number of aromatic nitrogens is 2. The van der Waals surface area contributed by atoms with Crippen molar-refractivity contribution in [3.63, 3.8) is 0 Å². The van der Waals surface area contributed by atoms with Gasteiger partial charge >= 0.3 is 0 Å². The van der Waals surface area contributed by atoms with Gasteiger partial charge in [0.05, 0.1) is 6.33 Å². The van der Waals surface area contributed by atoms with E-state index in [0.717, 1.165) is 12.4 Å². The second kappa shape index (κ2) is 4.36. The van der Waals surface area contributed by atoms with Gasteiger partial charge in [0.1, 0.15) is 0 Å². The van der Waals surface area contributed by atoms with Crippen molar-refractivity contribution in [3.05, 3.63) is 40.2 Å². The first-order valence-corrected chi connectivity index (χ1v) is 5.05. The van der Waals surface area contributed by atoms with Crippen molar-refractivity contribution >= 4 is 11.4 Å². The molecule has 0 radical (unpaired) electrons. The SMILES string of the molecule is Cc1cc(Oc2nc[nH]c(=O)c2N)c(F)cc1N. The number of anilines is 2. The van der Waals surface area contributed by atoms with Crippen LogP contribution in [-0.4, -0.2) is 9.97 Å². The van der Waals surface area contributed by atoms with Crippen LogP contribution in [0.15, 0.2) is 23.3 Å². The average Bonchev–Trinajstić information content (AvgIpc) is 2.32. The number of ether oxygens (including phenoxy) is 1. The van der Waals surface area contributed by atoms with E-state index >= 15 is 0 Å². The summed E-state index contributed by atoms with van der Waals surface area (Å²) in [5.41, 5.74) is 11.2. The Morgan fingerprint density at radius 3 is 2.83 bits per heavy atom. The van der Waals surface area contributed by atoms with Crippen molar-refractivity contribution in [3.8, 4) is 11.6 Å². The van der Waals surface area contributed by atoms with Gasteiger partial charge in [-0.1, -0.05) is 0 Å². The van der Waals surface area contributed by atoms with Crippen LogP contribution in [0.25, 0.3) is 0 Å². The van der Waals surface area contributed by atoms with Gasteiger partial charge in [-0.25, -0.2) is 9.37 Å². The van der Waals surface area contributed by atoms with Crippen LogP contribution in [0.1, 0.15) is 5.56 Å². The fourth-order valence-corrected chi connectivity index (χ4v) is 1.33. The van der Waals surface area contributed by atoms with E-state index < -0.39 is 11.4 Å². The number of halogens is 1. The number of nitrogens with two attached hydrogens (primary N) is 2. The van der Waals surface area contributed by atoms with Crippen molar-refractivity contribution in [2.45, 2.75) is 6.92 Å². The molecular weight excluding hydrogens is 239 g/mol. The normalized spacial score (nSPS) is 10.3. The molecule has 0 bridgehead atoms. The topological polar surface area (TPSA) is 107 Å². The van der Waals surface area contributed by atoms with Crippen molar-refractivity contribution in [2.24, 2.45) is 0 Å². The van der Waals surface area contributed by atoms with Crippen molar-refractivity contribution in [2.75, 3.05) is 11.5 Å². The lowest BCUT2D eigenvalue weighted by Crippen LogP contribution is -2.13. The molecular formula is C11H11FN4O2. The second-order valence-corrected chi connectivity index (χ2v) is 3.69. The average molecular weight is 250 g/mol. The van der Waals surface area contributed by atoms with Gasteiger partial charge in [0, 0.05) is 11.8 Å². The minimum absolute atomic E-state index is 0.0912. The van der Waals surface area contributed by atoms with Gasteiger partial charge in [-0.2, -0.15) is 0 Å². The Labute approximate surface area is 101 Å². The van der Waals surface area contributed by atoms with Crippen LogP contribution >= 0.6 is 0 Å². The number of aryl methyl sites for hydroxylation is 1. The van der Waals surface area contributed by atoms with Gasteiger partial charge in [0.15, 0.2) is 17.3 Å². The molecule has 0 spiro atoms. The summed E-state index contributed by atoms with van der Waals surface area (Å²) in [4.78, 5) is 17.2. The molecule has 0 aliphatic carbocycles. The number of H-pyrrole nitrogens is 1. The quantitative estimate of drug-likeness (QED) is 0.693. The minimum Gasteiger partial charge on any atom is -0.434 e. The van der Waals surface area contributed by atoms with Gasteiger partial charge in [0.25, 0.3) is 5.56 Å². The maximum Gasteiger partial charge on any atom is 0.277 e. The van der Waals surface area contributed by atoms with Gasteiger partial charge < -0.3 is 21.2 Å². The van der Waals surface area contributed by atoms with Gasteiger partial charge in [-0.3, -0.25) is 4.79 Å². The Morgan fingerprint density at radius 1 is 1.39 bits per heavy atom. The maximum atomic E-state index is 13.6. The summed E-state index contributed by atoms with van der Waals surface area (Å²) in [6.45, 7) is 1.70. The van der Waals surface area contributed by atoms with Crippen LogP contribution < -0.4 is 21.8 Å². The highest BCUT2D eigenvalue weighted by atomic mass is 19.1. The van der Waals surface area contributed by atoms with E-state index in [1.807, 2.05) is 0 Å². The summed E-state index contributed by atoms with van der Waals surface area (Å²) in [5, 5.41) is 0. The van der Waals surface area contributed by atoms with Crippen LogP contribution in [0.4, 0.5) is 15.8 Å². The molecule has 5 N–H and O–H groups in total. The second-order valence-electron chi connectivity index (χ2n) is 3.69. The lowest BCUT2D eigenvalue weighted by Gasteiger charge is -2.09. The van der Waals surface area contributed by atoms with E-state index in [-0.39, 0.29) is 17.3 Å². The summed E-state index contributed by atoms with van der Waals surface area (Å²) in [7, 11) is 0. The molecule has 7 heteroatoms. The summed E-state index contributed by atoms with van der Waals surface area (Å²) in [5.74, 6) is -0.895. The Bertz CT molecular complexity index is 654. The summed E-state index contributed by atoms with van der Waals surface area (Å²) in [6.07, 6.45) is 1.12. The molecule has 94 valence electrons. The first-order chi connectivity index (χ1) is 8.49. The molecule has 1 aromatic heterocycles. The molecule has 1 heterocycles. The Kier molecular flexibility index (Phi) is 2.88. The largest absolute Gasteiger partial charge is 0.434 e. The molecule has 2 aromatic rings. The number of benzene rings is 1. The fraction of sp³-hybridized carbons (Fsp3) is 0.0909. The van der Waals surface area contributed by atoms with E-state index in [1.54, 1.807) is 6.92 Å². The standard InChI is InChI=1S/C11H11FN4O2/c1-5-2-8(6(12)3-7(5)13)18-11-9(14)10(17)15-4-16-11/h2-4H,13-14H2,1H3,(H,15,16,17). The van der Waals surface area contributed by atoms with E-state index in [4.69, 9.17) is 16.2 Å². The molecule has 0 unspecified atom stereocenters. The lowest BCUT2D eigenvalue weighted by atomic mass is 10.2. The van der Waals surface area contributed by atoms with Crippen LogP contribution in [-0.2, 0) is 0 Å². The fourth-order valence-electron chi connectivity index (χ4n) is 1.33. The number of hydrogen-bond donors (Lipinski definition) is 3. The minimum atomic E-state index is -0.653. The first kappa shape index (κ1) is 11.9. The molecule has 0 saturated heterocycles. The zero-order chi connectivity index (χ0) is 13.3. The zero-order valence-corrected chi connectivity index (χ0v) is 9.53. The third kappa shape index (κ3) is 2.10. The molecule has 2 rings (SSSR count). The van der Waals surface area contributed by atoms with Crippen LogP contribution in [0.2, 0.25) is 0 Å². The molecule has 0 aliphatic heterocycles. The highest BCUT2D eigenvalue weighted by molar-refractivity contribution is 5.53. The van der Waals surface area contributed by atoms with E-state index in [1.165, 1.54) is 6.07 Å². The molecule has 0 aliphatic rings. The van der Waals surface area contributed by atoms with Crippen molar-refractivity contribution in [1.29, 1.82) is 0 Å². The van der Waals surface area contributed by atoms with Crippen molar-refractivity contribution < 1.29 is 9.13 Å². The van der Waals surface area contributed by atoms with Gasteiger partial charge in [-0.05, 0) is 18.6 Å². The third-order valence-electron chi connectivity index (χ3n) is 2.38. The number of nitrogens with one attached hydrogen (secondary N) is 1. The molecule has 0 fully saturated rings. The van der Waals surface area contributed by atoms with Crippen LogP contribution in [0, 0.1) is 12.7 Å². The third-order valence-corrected chi connectivity index (χ3v) is 2.38. The lowest BCUT2D eigenvalue weighted by molar-refractivity contribution is 0.428. The molecule has 0 atom stereocenters. The van der Waals surface area contributed by atoms with Gasteiger partial charge in [0.2, 0.25) is 5.88 Å². The maximum absolute atomic E-state index is 13.6. The van der Waals surface area contributed by atoms with Gasteiger partial charge in [-0.15, -0.1) is 0 Å². The Balaban J connectivity index is 2.43. The summed E-state index contributed by atoms with van der Waals surface area (Å²) < 4.78 is 18.8. The summed E-state index contributed by atoms with van der Waals surface area (Å²) in [6, 6.07) is 2.54. The highest BCUT2D eigenvalue weighted by Gasteiger charge is 2.12. The summed E-state index contributed by atoms with van der Waals surface area (Å²) >= 11 is 0. The zero-order valence-electron chi connectivity index (χ0n) is 9.53. The number of hydrogen-bond acceptors (Lipinski definition) is 5. The highest BCUT2D eigenvalue weighted by Crippen LogP contribution is 2.28. The number of nitrogen functional groups attached to an aromatic ring is 2. The van der Waals surface area contributed by atoms with Crippen molar-refractivity contribution in [1.82, 2.24) is 9.97 Å². The predicted octanol–water partition coefficient (Wildman–Crippen LogP) is 1.17. The number of aromatic amines is 1. The van der Waals surface area contributed by atoms with Crippen LogP contribution in [0.3, 0.4) is 0 Å². The molecule has 18 heavy (non-hydrogen) atoms. The molecule has 6 nitrogen and oxygen atoms in total.